The van der Waals surface area contributed by atoms with E-state index in [1.165, 1.54) is 0 Å². The molecule has 0 aliphatic heterocycles. The van der Waals surface area contributed by atoms with Crippen LogP contribution in [0.1, 0.15) is 0 Å². The van der Waals surface area contributed by atoms with Gasteiger partial charge in [0.25, 0.3) is 0 Å². The van der Waals surface area contributed by atoms with Gasteiger partial charge in [-0.05, 0) is 36.4 Å². The van der Waals surface area contributed by atoms with Crippen molar-refractivity contribution >= 4 is 22.6 Å². The van der Waals surface area contributed by atoms with Crippen LogP contribution in [0.3, 0.4) is 0 Å². The number of hydrogen-bond acceptors (Lipinski definition) is 4. The summed E-state index contributed by atoms with van der Waals surface area (Å²) >= 11 is 6.03. The Morgan fingerprint density at radius 1 is 1.00 bits per heavy atom. The Bertz CT molecular complexity index is 767. The molecule has 0 radical (unpaired) electrons. The van der Waals surface area contributed by atoms with Gasteiger partial charge in [0.1, 0.15) is 5.69 Å². The average molecular weight is 290 g/mol. The molecular weight excluding hydrogens is 278 g/mol. The maximum atomic E-state index is 6.03. The minimum Gasteiger partial charge on any atom is -0.493 e. The number of aromatic nitrogens is 1. The first kappa shape index (κ1) is 12.8. The molecule has 0 aliphatic carbocycles. The van der Waals surface area contributed by atoms with Gasteiger partial charge in [-0.1, -0.05) is 16.8 Å². The SMILES string of the molecule is COc1ccc(-c2noc3ccc(Cl)cc23)cc1OC. The summed E-state index contributed by atoms with van der Waals surface area (Å²) in [6.45, 7) is 0. The van der Waals surface area contributed by atoms with Crippen LogP contribution in [0.2, 0.25) is 5.02 Å². The summed E-state index contributed by atoms with van der Waals surface area (Å²) in [6, 6.07) is 11.0. The molecule has 102 valence electrons. The van der Waals surface area contributed by atoms with Gasteiger partial charge >= 0.3 is 0 Å². The zero-order valence-corrected chi connectivity index (χ0v) is 11.8. The first-order valence-electron chi connectivity index (χ1n) is 6.00. The smallest absolute Gasteiger partial charge is 0.167 e. The van der Waals surface area contributed by atoms with Crippen molar-refractivity contribution in [3.8, 4) is 22.8 Å². The Morgan fingerprint density at radius 2 is 1.80 bits per heavy atom. The van der Waals surface area contributed by atoms with E-state index >= 15 is 0 Å². The lowest BCUT2D eigenvalue weighted by molar-refractivity contribution is 0.355. The normalized spacial score (nSPS) is 10.8. The molecule has 2 aromatic carbocycles. The second-order valence-electron chi connectivity index (χ2n) is 4.24. The summed E-state index contributed by atoms with van der Waals surface area (Å²) < 4.78 is 15.8. The molecule has 0 fully saturated rings. The van der Waals surface area contributed by atoms with Gasteiger partial charge in [-0.25, -0.2) is 0 Å². The molecule has 1 aromatic heterocycles. The molecule has 0 amide bonds. The van der Waals surface area contributed by atoms with Gasteiger partial charge in [0.15, 0.2) is 17.1 Å². The van der Waals surface area contributed by atoms with Crippen LogP contribution >= 0.6 is 11.6 Å². The van der Waals surface area contributed by atoms with E-state index in [2.05, 4.69) is 5.16 Å². The summed E-state index contributed by atoms with van der Waals surface area (Å²) in [7, 11) is 3.20. The highest BCUT2D eigenvalue weighted by Gasteiger charge is 2.13. The molecule has 5 heteroatoms. The maximum absolute atomic E-state index is 6.03. The highest BCUT2D eigenvalue weighted by atomic mass is 35.5. The Kier molecular flexibility index (Phi) is 3.24. The number of rotatable bonds is 3. The summed E-state index contributed by atoms with van der Waals surface area (Å²) in [6.07, 6.45) is 0. The molecule has 0 atom stereocenters. The van der Waals surface area contributed by atoms with Gasteiger partial charge in [0.2, 0.25) is 0 Å². The van der Waals surface area contributed by atoms with E-state index in [1.807, 2.05) is 24.3 Å². The second-order valence-corrected chi connectivity index (χ2v) is 4.68. The molecule has 1 heterocycles. The zero-order valence-electron chi connectivity index (χ0n) is 11.0. The van der Waals surface area contributed by atoms with Gasteiger partial charge < -0.3 is 14.0 Å². The molecule has 3 rings (SSSR count). The fourth-order valence-electron chi connectivity index (χ4n) is 2.10. The predicted molar refractivity (Wildman–Crippen MR) is 77.6 cm³/mol. The number of methoxy groups -OCH3 is 2. The first-order valence-corrected chi connectivity index (χ1v) is 6.38. The van der Waals surface area contributed by atoms with Crippen LogP contribution in [0.25, 0.3) is 22.2 Å². The van der Waals surface area contributed by atoms with Crippen LogP contribution in [-0.2, 0) is 0 Å². The first-order chi connectivity index (χ1) is 9.72. The van der Waals surface area contributed by atoms with Gasteiger partial charge in [-0.2, -0.15) is 0 Å². The van der Waals surface area contributed by atoms with Gasteiger partial charge in [-0.15, -0.1) is 0 Å². The summed E-state index contributed by atoms with van der Waals surface area (Å²) in [5.74, 6) is 1.31. The van der Waals surface area contributed by atoms with Crippen molar-refractivity contribution in [2.45, 2.75) is 0 Å². The fourth-order valence-corrected chi connectivity index (χ4v) is 2.27. The van der Waals surface area contributed by atoms with Crippen molar-refractivity contribution in [2.24, 2.45) is 0 Å². The highest BCUT2D eigenvalue weighted by molar-refractivity contribution is 6.31. The monoisotopic (exact) mass is 289 g/mol. The van der Waals surface area contributed by atoms with Crippen molar-refractivity contribution in [3.05, 3.63) is 41.4 Å². The van der Waals surface area contributed by atoms with E-state index in [0.717, 1.165) is 16.6 Å². The third-order valence-corrected chi connectivity index (χ3v) is 3.32. The summed E-state index contributed by atoms with van der Waals surface area (Å²) in [5, 5.41) is 5.61. The molecule has 0 bridgehead atoms. The third-order valence-electron chi connectivity index (χ3n) is 3.09. The minimum absolute atomic E-state index is 0.641. The Labute approximate surface area is 120 Å². The second kappa shape index (κ2) is 5.06. The average Bonchev–Trinajstić information content (AvgIpc) is 2.89. The van der Waals surface area contributed by atoms with Gasteiger partial charge in [0.05, 0.1) is 19.6 Å². The largest absolute Gasteiger partial charge is 0.493 e. The van der Waals surface area contributed by atoms with Crippen LogP contribution in [0.5, 0.6) is 11.5 Å². The molecule has 0 saturated heterocycles. The molecule has 0 aliphatic rings. The van der Waals surface area contributed by atoms with Crippen LogP contribution in [0.15, 0.2) is 40.9 Å². The van der Waals surface area contributed by atoms with Crippen LogP contribution in [0, 0.1) is 0 Å². The molecule has 0 spiro atoms. The number of hydrogen-bond donors (Lipinski definition) is 0. The number of ether oxygens (including phenoxy) is 2. The lowest BCUT2D eigenvalue weighted by atomic mass is 10.1. The van der Waals surface area contributed by atoms with E-state index in [-0.39, 0.29) is 0 Å². The highest BCUT2D eigenvalue weighted by Crippen LogP contribution is 2.35. The standard InChI is InChI=1S/C15H12ClNO3/c1-18-13-5-3-9(7-14(13)19-2)15-11-8-10(16)4-6-12(11)20-17-15/h3-8H,1-2H3. The Hall–Kier alpha value is -2.20. The predicted octanol–water partition coefficient (Wildman–Crippen LogP) is 4.17. The van der Waals surface area contributed by atoms with Crippen molar-refractivity contribution in [3.63, 3.8) is 0 Å². The zero-order chi connectivity index (χ0) is 14.1. The molecule has 20 heavy (non-hydrogen) atoms. The number of halogens is 1. The van der Waals surface area contributed by atoms with E-state index < -0.39 is 0 Å². The topological polar surface area (TPSA) is 44.5 Å². The van der Waals surface area contributed by atoms with Crippen LogP contribution in [-0.4, -0.2) is 19.4 Å². The van der Waals surface area contributed by atoms with Crippen molar-refractivity contribution < 1.29 is 14.0 Å². The van der Waals surface area contributed by atoms with E-state index in [1.54, 1.807) is 26.4 Å². The fraction of sp³-hybridized carbons (Fsp3) is 0.133. The number of fused-ring (bicyclic) bond motifs is 1. The lowest BCUT2D eigenvalue weighted by Crippen LogP contribution is -1.91. The quantitative estimate of drug-likeness (QED) is 0.726. The molecule has 0 N–H and O–H groups in total. The maximum Gasteiger partial charge on any atom is 0.167 e. The van der Waals surface area contributed by atoms with Crippen molar-refractivity contribution in [2.75, 3.05) is 14.2 Å². The van der Waals surface area contributed by atoms with Crippen LogP contribution in [0.4, 0.5) is 0 Å². The molecule has 4 nitrogen and oxygen atoms in total. The Morgan fingerprint density at radius 3 is 2.55 bits per heavy atom. The summed E-state index contributed by atoms with van der Waals surface area (Å²) in [4.78, 5) is 0. The summed E-state index contributed by atoms with van der Waals surface area (Å²) in [5.41, 5.74) is 2.30. The molecule has 0 saturated carbocycles. The number of benzene rings is 2. The van der Waals surface area contributed by atoms with Crippen LogP contribution < -0.4 is 9.47 Å². The van der Waals surface area contributed by atoms with Gasteiger partial charge in [-0.3, -0.25) is 0 Å². The molecule has 3 aromatic rings. The lowest BCUT2D eigenvalue weighted by Gasteiger charge is -2.08. The van der Waals surface area contributed by atoms with Crippen molar-refractivity contribution in [1.29, 1.82) is 0 Å². The van der Waals surface area contributed by atoms with Crippen molar-refractivity contribution in [1.82, 2.24) is 5.16 Å². The third kappa shape index (κ3) is 2.08. The minimum atomic E-state index is 0.641. The molecular formula is C15H12ClNO3. The van der Waals surface area contributed by atoms with E-state index in [9.17, 15) is 0 Å². The van der Waals surface area contributed by atoms with E-state index in [4.69, 9.17) is 25.6 Å². The van der Waals surface area contributed by atoms with E-state index in [0.29, 0.717) is 22.1 Å². The molecule has 0 unspecified atom stereocenters. The number of nitrogens with zero attached hydrogens (tertiary/aromatic N) is 1. The Balaban J connectivity index is 2.18. The van der Waals surface area contributed by atoms with Gasteiger partial charge in [0, 0.05) is 10.6 Å².